The van der Waals surface area contributed by atoms with E-state index in [-0.39, 0.29) is 18.1 Å². The molecule has 8 heteroatoms. The Bertz CT molecular complexity index is 991. The van der Waals surface area contributed by atoms with Gasteiger partial charge in [0.25, 0.3) is 0 Å². The molecule has 0 bridgehead atoms. The Morgan fingerprint density at radius 2 is 1.91 bits per heavy atom. The molecule has 0 saturated heterocycles. The lowest BCUT2D eigenvalue weighted by Gasteiger charge is -2.21. The molecular formula is C24H33N5O2S. The van der Waals surface area contributed by atoms with Crippen molar-refractivity contribution in [3.8, 4) is 0 Å². The van der Waals surface area contributed by atoms with Crippen LogP contribution in [0.25, 0.3) is 0 Å². The third-order valence-corrected chi connectivity index (χ3v) is 7.40. The van der Waals surface area contributed by atoms with Crippen LogP contribution in [0.15, 0.2) is 29.2 Å². The molecular weight excluding hydrogens is 422 g/mol. The average molecular weight is 456 g/mol. The highest BCUT2D eigenvalue weighted by Crippen LogP contribution is 2.44. The van der Waals surface area contributed by atoms with Gasteiger partial charge in [-0.25, -0.2) is 4.79 Å². The Hall–Kier alpha value is -2.13. The van der Waals surface area contributed by atoms with Crippen molar-refractivity contribution in [2.75, 3.05) is 26.1 Å². The van der Waals surface area contributed by atoms with Crippen LogP contribution in [-0.2, 0) is 42.6 Å². The lowest BCUT2D eigenvalue weighted by Crippen LogP contribution is -2.39. The molecule has 4 rings (SSSR count). The number of anilines is 1. The second-order valence-electron chi connectivity index (χ2n) is 9.58. The number of fused-ring (bicyclic) bond motifs is 2. The Balaban J connectivity index is 1.35. The number of pyridine rings is 1. The fourth-order valence-corrected chi connectivity index (χ4v) is 5.39. The maximum absolute atomic E-state index is 12.7. The quantitative estimate of drug-likeness (QED) is 0.440. The molecule has 2 aliphatic carbocycles. The predicted octanol–water partition coefficient (Wildman–Crippen LogP) is 3.25. The molecule has 172 valence electrons. The third kappa shape index (κ3) is 4.93. The molecule has 0 radical (unpaired) electrons. The zero-order valence-corrected chi connectivity index (χ0v) is 20.2. The molecule has 1 atom stereocenters. The van der Waals surface area contributed by atoms with Crippen LogP contribution in [0.5, 0.6) is 0 Å². The van der Waals surface area contributed by atoms with E-state index in [4.69, 9.17) is 4.98 Å². The van der Waals surface area contributed by atoms with Gasteiger partial charge in [-0.3, -0.25) is 4.98 Å². The second-order valence-corrected chi connectivity index (χ2v) is 10.9. The SMILES string of the molecule is CN(C)Cc1ccc([S+]([O-])NCNC(=O)Nc2c3c(nc4c2CCC4(C)C)CCC3)cc1. The fourth-order valence-electron chi connectivity index (χ4n) is 4.64. The van der Waals surface area contributed by atoms with E-state index < -0.39 is 11.4 Å². The van der Waals surface area contributed by atoms with Crippen molar-refractivity contribution in [1.29, 1.82) is 0 Å². The van der Waals surface area contributed by atoms with Crippen LogP contribution in [-0.4, -0.2) is 41.2 Å². The van der Waals surface area contributed by atoms with Crippen LogP contribution in [0.3, 0.4) is 0 Å². The summed E-state index contributed by atoms with van der Waals surface area (Å²) in [5.41, 5.74) is 6.78. The van der Waals surface area contributed by atoms with E-state index in [0.717, 1.165) is 61.3 Å². The van der Waals surface area contributed by atoms with Crippen molar-refractivity contribution in [1.82, 2.24) is 19.9 Å². The number of aromatic nitrogens is 1. The van der Waals surface area contributed by atoms with Crippen LogP contribution >= 0.6 is 0 Å². The van der Waals surface area contributed by atoms with E-state index in [9.17, 15) is 9.35 Å². The summed E-state index contributed by atoms with van der Waals surface area (Å²) in [5.74, 6) is 0. The van der Waals surface area contributed by atoms with Crippen LogP contribution in [0.2, 0.25) is 0 Å². The first-order valence-electron chi connectivity index (χ1n) is 11.2. The molecule has 7 nitrogen and oxygen atoms in total. The summed E-state index contributed by atoms with van der Waals surface area (Å²) >= 11 is -1.39. The van der Waals surface area contributed by atoms with Gasteiger partial charge in [0.2, 0.25) is 0 Å². The topological polar surface area (TPSA) is 92.4 Å². The highest BCUT2D eigenvalue weighted by molar-refractivity contribution is 7.89. The molecule has 0 saturated carbocycles. The van der Waals surface area contributed by atoms with E-state index >= 15 is 0 Å². The van der Waals surface area contributed by atoms with Gasteiger partial charge in [0.1, 0.15) is 6.67 Å². The number of nitrogens with zero attached hydrogens (tertiary/aromatic N) is 2. The molecule has 1 heterocycles. The first kappa shape index (κ1) is 23.0. The number of amides is 2. The van der Waals surface area contributed by atoms with Gasteiger partial charge in [0.05, 0.1) is 22.7 Å². The van der Waals surface area contributed by atoms with Crippen molar-refractivity contribution in [3.63, 3.8) is 0 Å². The molecule has 1 aromatic heterocycles. The number of hydrogen-bond acceptors (Lipinski definition) is 5. The van der Waals surface area contributed by atoms with Gasteiger partial charge in [0.15, 0.2) is 4.90 Å². The highest BCUT2D eigenvalue weighted by Gasteiger charge is 2.36. The number of nitrogens with one attached hydrogen (secondary N) is 3. The molecule has 1 aromatic carbocycles. The number of hydrogen-bond donors (Lipinski definition) is 3. The maximum atomic E-state index is 12.7. The molecule has 2 aromatic rings. The van der Waals surface area contributed by atoms with Crippen LogP contribution in [0.4, 0.5) is 10.5 Å². The number of aryl methyl sites for hydroxylation is 1. The van der Waals surface area contributed by atoms with Gasteiger partial charge < -0.3 is 20.1 Å². The molecule has 32 heavy (non-hydrogen) atoms. The fraction of sp³-hybridized carbons (Fsp3) is 0.500. The normalized spacial score (nSPS) is 17.2. The Kier molecular flexibility index (Phi) is 6.76. The molecule has 0 aliphatic heterocycles. The first-order chi connectivity index (χ1) is 15.2. The maximum Gasteiger partial charge on any atom is 0.320 e. The largest absolute Gasteiger partial charge is 0.593 e. The van der Waals surface area contributed by atoms with Crippen molar-refractivity contribution in [3.05, 3.63) is 52.3 Å². The van der Waals surface area contributed by atoms with Crippen molar-refractivity contribution in [2.24, 2.45) is 0 Å². The van der Waals surface area contributed by atoms with Crippen LogP contribution < -0.4 is 15.4 Å². The van der Waals surface area contributed by atoms with Gasteiger partial charge >= 0.3 is 6.03 Å². The van der Waals surface area contributed by atoms with Crippen molar-refractivity contribution < 1.29 is 9.35 Å². The van der Waals surface area contributed by atoms with Gasteiger partial charge in [-0.05, 0) is 75.0 Å². The minimum absolute atomic E-state index is 0.0421. The Morgan fingerprint density at radius 3 is 2.62 bits per heavy atom. The molecule has 0 spiro atoms. The van der Waals surface area contributed by atoms with Gasteiger partial charge in [0, 0.05) is 17.7 Å². The summed E-state index contributed by atoms with van der Waals surface area (Å²) in [5, 5.41) is 5.88. The van der Waals surface area contributed by atoms with E-state index in [1.54, 1.807) is 0 Å². The highest BCUT2D eigenvalue weighted by atomic mass is 32.2. The molecule has 2 aliphatic rings. The van der Waals surface area contributed by atoms with E-state index in [2.05, 4.69) is 34.1 Å². The van der Waals surface area contributed by atoms with Crippen LogP contribution in [0, 0.1) is 0 Å². The molecule has 0 fully saturated rings. The van der Waals surface area contributed by atoms with Gasteiger partial charge in [-0.15, -0.1) is 4.72 Å². The zero-order chi connectivity index (χ0) is 22.9. The average Bonchev–Trinajstić information content (AvgIpc) is 3.32. The minimum Gasteiger partial charge on any atom is -0.593 e. The number of benzene rings is 1. The number of carbonyl (C=O) groups excluding carboxylic acids is 1. The molecule has 1 unspecified atom stereocenters. The standard InChI is InChI=1S/C24H33N5O2S/c1-24(2)13-12-19-21(18-6-5-7-20(18)27-22(19)24)28-23(30)25-15-26-32(31)17-10-8-16(9-11-17)14-29(3)4/h8-11,26H,5-7,12-15H2,1-4H3,(H2,25,27,28,30). The zero-order valence-electron chi connectivity index (χ0n) is 19.4. The second kappa shape index (κ2) is 9.39. The summed E-state index contributed by atoms with van der Waals surface area (Å²) in [6.45, 7) is 5.40. The molecule has 3 N–H and O–H groups in total. The summed E-state index contributed by atoms with van der Waals surface area (Å²) in [6, 6.07) is 7.37. The lowest BCUT2D eigenvalue weighted by molar-refractivity contribution is 0.252. The first-order valence-corrected chi connectivity index (χ1v) is 12.4. The van der Waals surface area contributed by atoms with Gasteiger partial charge in [-0.2, -0.15) is 0 Å². The summed E-state index contributed by atoms with van der Waals surface area (Å²) in [7, 11) is 4.03. The van der Waals surface area contributed by atoms with E-state index in [0.29, 0.717) is 4.90 Å². The minimum atomic E-state index is -1.39. The van der Waals surface area contributed by atoms with Crippen molar-refractivity contribution in [2.45, 2.75) is 62.8 Å². The summed E-state index contributed by atoms with van der Waals surface area (Å²) in [4.78, 5) is 20.4. The number of carbonyl (C=O) groups is 1. The third-order valence-electron chi connectivity index (χ3n) is 6.29. The smallest absolute Gasteiger partial charge is 0.320 e. The van der Waals surface area contributed by atoms with Crippen molar-refractivity contribution >= 4 is 23.1 Å². The predicted molar refractivity (Wildman–Crippen MR) is 128 cm³/mol. The monoisotopic (exact) mass is 455 g/mol. The van der Waals surface area contributed by atoms with Gasteiger partial charge in [-0.1, -0.05) is 26.0 Å². The molecule has 2 amide bonds. The lowest BCUT2D eigenvalue weighted by atomic mass is 9.90. The summed E-state index contributed by atoms with van der Waals surface area (Å²) in [6.07, 6.45) is 4.99. The summed E-state index contributed by atoms with van der Waals surface area (Å²) < 4.78 is 15.4. The van der Waals surface area contributed by atoms with E-state index in [1.807, 2.05) is 38.4 Å². The Morgan fingerprint density at radius 1 is 1.16 bits per heavy atom. The number of urea groups is 1. The Labute approximate surface area is 193 Å². The number of rotatable bonds is 7. The van der Waals surface area contributed by atoms with E-state index in [1.165, 1.54) is 11.1 Å². The van der Waals surface area contributed by atoms with Crippen LogP contribution in [0.1, 0.15) is 54.8 Å².